The Labute approximate surface area is 153 Å². The van der Waals surface area contributed by atoms with Gasteiger partial charge in [-0.15, -0.1) is 0 Å². The summed E-state index contributed by atoms with van der Waals surface area (Å²) in [5, 5.41) is 0. The summed E-state index contributed by atoms with van der Waals surface area (Å²) < 4.78 is 4.65. The molecule has 0 radical (unpaired) electrons. The Bertz CT molecular complexity index is 761. The first-order valence-electron chi connectivity index (χ1n) is 8.82. The molecule has 1 aliphatic rings. The molecule has 3 rings (SSSR count). The van der Waals surface area contributed by atoms with Crippen LogP contribution in [-0.4, -0.2) is 29.9 Å². The minimum absolute atomic E-state index is 0.0176. The maximum atomic E-state index is 12.6. The molecule has 2 N–H and O–H groups in total. The Balaban J connectivity index is 1.54. The molecule has 0 fully saturated rings. The number of ether oxygens (including phenoxy) is 1. The minimum atomic E-state index is -0.551. The average Bonchev–Trinajstić information content (AvgIpc) is 3.10. The van der Waals surface area contributed by atoms with Crippen molar-refractivity contribution in [3.05, 3.63) is 70.8 Å². The fourth-order valence-electron chi connectivity index (χ4n) is 3.26. The van der Waals surface area contributed by atoms with Gasteiger partial charge in [0.1, 0.15) is 0 Å². The fraction of sp³-hybridized carbons (Fsp3) is 0.333. The Kier molecular flexibility index (Phi) is 5.68. The summed E-state index contributed by atoms with van der Waals surface area (Å²) in [6.07, 6.45) is 1.51. The summed E-state index contributed by atoms with van der Waals surface area (Å²) in [7, 11) is 1.39. The number of nitrogens with two attached hydrogens (primary N) is 1. The van der Waals surface area contributed by atoms with Crippen molar-refractivity contribution in [2.45, 2.75) is 38.4 Å². The third-order valence-corrected chi connectivity index (χ3v) is 4.79. The Hall–Kier alpha value is -2.66. The highest BCUT2D eigenvalue weighted by Gasteiger charge is 2.26. The van der Waals surface area contributed by atoms with E-state index in [2.05, 4.69) is 16.9 Å². The highest BCUT2D eigenvalue weighted by Crippen LogP contribution is 2.23. The molecule has 5 nitrogen and oxygen atoms in total. The van der Waals surface area contributed by atoms with E-state index in [0.717, 1.165) is 11.1 Å². The zero-order valence-electron chi connectivity index (χ0n) is 15.0. The molecule has 0 saturated heterocycles. The normalized spacial score (nSPS) is 14.0. The summed E-state index contributed by atoms with van der Waals surface area (Å²) in [6, 6.07) is 15.4. The summed E-state index contributed by atoms with van der Waals surface area (Å²) >= 11 is 0. The van der Waals surface area contributed by atoms with E-state index in [1.807, 2.05) is 41.3 Å². The van der Waals surface area contributed by atoms with Crippen molar-refractivity contribution in [3.63, 3.8) is 0 Å². The molecule has 2 aromatic rings. The van der Waals surface area contributed by atoms with Crippen LogP contribution in [0, 0.1) is 0 Å². The van der Waals surface area contributed by atoms with Gasteiger partial charge in [-0.1, -0.05) is 48.5 Å². The van der Waals surface area contributed by atoms with Crippen LogP contribution in [0.15, 0.2) is 48.5 Å². The number of carbonyl (C=O) groups excluding carboxylic acids is 2. The second-order valence-corrected chi connectivity index (χ2v) is 6.67. The van der Waals surface area contributed by atoms with Gasteiger partial charge in [0.05, 0.1) is 13.2 Å². The number of hydrogen-bond donors (Lipinski definition) is 1. The highest BCUT2D eigenvalue weighted by molar-refractivity contribution is 5.82. The summed E-state index contributed by atoms with van der Waals surface area (Å²) in [5.41, 5.74) is 10.6. The van der Waals surface area contributed by atoms with Gasteiger partial charge in [0.2, 0.25) is 5.91 Å². The Morgan fingerprint density at radius 1 is 1.04 bits per heavy atom. The molecule has 1 amide bonds. The zero-order valence-corrected chi connectivity index (χ0v) is 15.0. The van der Waals surface area contributed by atoms with Gasteiger partial charge in [-0.05, 0) is 35.1 Å². The lowest BCUT2D eigenvalue weighted by atomic mass is 10.0. The lowest BCUT2D eigenvalue weighted by Gasteiger charge is -2.20. The number of carbonyl (C=O) groups is 2. The number of rotatable bonds is 6. The first-order chi connectivity index (χ1) is 12.6. The predicted octanol–water partition coefficient (Wildman–Crippen LogP) is 2.20. The second kappa shape index (κ2) is 8.15. The Morgan fingerprint density at radius 2 is 1.62 bits per heavy atom. The standard InChI is InChI=1S/C21H24N2O3/c1-26-20(24)11-10-15-6-8-16(9-7-15)12-19(22)21(25)23-13-17-4-2-3-5-18(17)14-23/h2-9,19H,10-14,22H2,1H3/t19-/m1/s1. The average molecular weight is 352 g/mol. The van der Waals surface area contributed by atoms with Gasteiger partial charge < -0.3 is 15.4 Å². The van der Waals surface area contributed by atoms with E-state index >= 15 is 0 Å². The first kappa shape index (κ1) is 18.1. The van der Waals surface area contributed by atoms with Crippen molar-refractivity contribution >= 4 is 11.9 Å². The van der Waals surface area contributed by atoms with E-state index in [4.69, 9.17) is 5.73 Å². The molecule has 2 aromatic carbocycles. The number of nitrogens with zero attached hydrogens (tertiary/aromatic N) is 1. The van der Waals surface area contributed by atoms with E-state index < -0.39 is 6.04 Å². The fourth-order valence-corrected chi connectivity index (χ4v) is 3.26. The van der Waals surface area contributed by atoms with Crippen LogP contribution in [0.1, 0.15) is 28.7 Å². The van der Waals surface area contributed by atoms with Gasteiger partial charge in [0.15, 0.2) is 0 Å². The topological polar surface area (TPSA) is 72.6 Å². The smallest absolute Gasteiger partial charge is 0.305 e. The van der Waals surface area contributed by atoms with Crippen molar-refractivity contribution < 1.29 is 14.3 Å². The van der Waals surface area contributed by atoms with Crippen molar-refractivity contribution in [1.29, 1.82) is 0 Å². The van der Waals surface area contributed by atoms with Crippen LogP contribution in [0.25, 0.3) is 0 Å². The molecule has 0 saturated carbocycles. The lowest BCUT2D eigenvalue weighted by molar-refractivity contribution is -0.140. The highest BCUT2D eigenvalue weighted by atomic mass is 16.5. The number of esters is 1. The van der Waals surface area contributed by atoms with Gasteiger partial charge in [-0.2, -0.15) is 0 Å². The number of amides is 1. The third kappa shape index (κ3) is 4.29. The quantitative estimate of drug-likeness (QED) is 0.809. The van der Waals surface area contributed by atoms with E-state index in [0.29, 0.717) is 32.4 Å². The van der Waals surface area contributed by atoms with Crippen LogP contribution in [-0.2, 0) is 40.3 Å². The van der Waals surface area contributed by atoms with Crippen molar-refractivity contribution in [1.82, 2.24) is 4.90 Å². The second-order valence-electron chi connectivity index (χ2n) is 6.67. The molecular formula is C21H24N2O3. The maximum Gasteiger partial charge on any atom is 0.305 e. The number of aryl methyl sites for hydroxylation is 1. The van der Waals surface area contributed by atoms with Crippen molar-refractivity contribution in [2.24, 2.45) is 5.73 Å². The molecule has 1 aliphatic heterocycles. The van der Waals surface area contributed by atoms with Gasteiger partial charge >= 0.3 is 5.97 Å². The molecule has 0 bridgehead atoms. The molecule has 136 valence electrons. The number of methoxy groups -OCH3 is 1. The summed E-state index contributed by atoms with van der Waals surface area (Å²) in [6.45, 7) is 1.27. The first-order valence-corrected chi connectivity index (χ1v) is 8.82. The molecule has 1 heterocycles. The van der Waals surface area contributed by atoms with Crippen LogP contribution >= 0.6 is 0 Å². The molecule has 0 aromatic heterocycles. The molecule has 0 spiro atoms. The van der Waals surface area contributed by atoms with E-state index in [1.54, 1.807) is 0 Å². The molecule has 1 atom stereocenters. The Morgan fingerprint density at radius 3 is 2.19 bits per heavy atom. The third-order valence-electron chi connectivity index (χ3n) is 4.79. The van der Waals surface area contributed by atoms with Crippen LogP contribution in [0.3, 0.4) is 0 Å². The molecule has 0 aliphatic carbocycles. The van der Waals surface area contributed by atoms with Crippen LogP contribution < -0.4 is 5.73 Å². The van der Waals surface area contributed by atoms with E-state index in [9.17, 15) is 9.59 Å². The van der Waals surface area contributed by atoms with Gasteiger partial charge in [0.25, 0.3) is 0 Å². The van der Waals surface area contributed by atoms with Crippen LogP contribution in [0.4, 0.5) is 0 Å². The monoisotopic (exact) mass is 352 g/mol. The van der Waals surface area contributed by atoms with Crippen LogP contribution in [0.2, 0.25) is 0 Å². The van der Waals surface area contributed by atoms with Crippen molar-refractivity contribution in [2.75, 3.05) is 7.11 Å². The minimum Gasteiger partial charge on any atom is -0.469 e. The van der Waals surface area contributed by atoms with Gasteiger partial charge in [-0.25, -0.2) is 0 Å². The SMILES string of the molecule is COC(=O)CCc1ccc(C[C@@H](N)C(=O)N2Cc3ccccc3C2)cc1. The maximum absolute atomic E-state index is 12.6. The number of fused-ring (bicyclic) bond motifs is 1. The van der Waals surface area contributed by atoms with E-state index in [1.165, 1.54) is 18.2 Å². The molecule has 0 unspecified atom stereocenters. The van der Waals surface area contributed by atoms with Crippen molar-refractivity contribution in [3.8, 4) is 0 Å². The predicted molar refractivity (Wildman–Crippen MR) is 99.2 cm³/mol. The van der Waals surface area contributed by atoms with E-state index in [-0.39, 0.29) is 11.9 Å². The van der Waals surface area contributed by atoms with Crippen LogP contribution in [0.5, 0.6) is 0 Å². The molecular weight excluding hydrogens is 328 g/mol. The number of benzene rings is 2. The summed E-state index contributed by atoms with van der Waals surface area (Å²) in [5.74, 6) is -0.232. The number of hydrogen-bond acceptors (Lipinski definition) is 4. The lowest BCUT2D eigenvalue weighted by Crippen LogP contribution is -2.42. The van der Waals surface area contributed by atoms with Gasteiger partial charge in [-0.3, -0.25) is 9.59 Å². The zero-order chi connectivity index (χ0) is 18.5. The molecule has 26 heavy (non-hydrogen) atoms. The van der Waals surface area contributed by atoms with Gasteiger partial charge in [0, 0.05) is 19.5 Å². The molecule has 5 heteroatoms. The summed E-state index contributed by atoms with van der Waals surface area (Å²) in [4.78, 5) is 25.7. The largest absolute Gasteiger partial charge is 0.469 e.